The van der Waals surface area contributed by atoms with Gasteiger partial charge in [-0.3, -0.25) is 0 Å². The van der Waals surface area contributed by atoms with Crippen molar-refractivity contribution in [3.63, 3.8) is 0 Å². The van der Waals surface area contributed by atoms with E-state index in [4.69, 9.17) is 9.47 Å². The average Bonchev–Trinajstić information content (AvgIpc) is 2.82. The van der Waals surface area contributed by atoms with Crippen LogP contribution in [-0.2, 0) is 16.0 Å². The first-order valence-electron chi connectivity index (χ1n) is 11.7. The Morgan fingerprint density at radius 1 is 0.970 bits per heavy atom. The third-order valence-corrected chi connectivity index (χ3v) is 5.21. The Balaban J connectivity index is 1.87. The van der Waals surface area contributed by atoms with Gasteiger partial charge in [-0.1, -0.05) is 56.5 Å². The van der Waals surface area contributed by atoms with Gasteiger partial charge >= 0.3 is 12.0 Å². The quantitative estimate of drug-likeness (QED) is 0.359. The molecule has 0 fully saturated rings. The second-order valence-corrected chi connectivity index (χ2v) is 7.82. The third kappa shape index (κ3) is 9.95. The largest absolute Gasteiger partial charge is 0.492 e. The lowest BCUT2D eigenvalue weighted by molar-refractivity contribution is -0.149. The van der Waals surface area contributed by atoms with Gasteiger partial charge in [-0.2, -0.15) is 0 Å². The first-order valence-corrected chi connectivity index (χ1v) is 11.7. The maximum Gasteiger partial charge on any atom is 0.333 e. The molecule has 0 radical (unpaired) electrons. The molecule has 7 nitrogen and oxygen atoms in total. The molecule has 0 bridgehead atoms. The van der Waals surface area contributed by atoms with Crippen LogP contribution in [0.4, 0.5) is 10.5 Å². The fraction of sp³-hybridized carbons (Fsp3) is 0.462. The molecule has 2 rings (SSSR count). The zero-order valence-corrected chi connectivity index (χ0v) is 19.7. The van der Waals surface area contributed by atoms with Crippen molar-refractivity contribution in [3.8, 4) is 5.75 Å². The van der Waals surface area contributed by atoms with Gasteiger partial charge in [0.05, 0.1) is 6.54 Å². The summed E-state index contributed by atoms with van der Waals surface area (Å²) in [5.74, 6) is -0.290. The van der Waals surface area contributed by atoms with E-state index in [-0.39, 0.29) is 6.03 Å². The molecule has 7 heteroatoms. The Kier molecular flexibility index (Phi) is 11.8. The normalized spacial score (nSPS) is 11.6. The number of aliphatic carboxylic acids is 1. The average molecular weight is 457 g/mol. The van der Waals surface area contributed by atoms with Crippen LogP contribution in [0, 0.1) is 0 Å². The van der Waals surface area contributed by atoms with Crippen molar-refractivity contribution in [2.24, 2.45) is 0 Å². The van der Waals surface area contributed by atoms with Gasteiger partial charge < -0.3 is 24.8 Å². The number of carboxylic acids is 1. The Labute approximate surface area is 196 Å². The van der Waals surface area contributed by atoms with E-state index >= 15 is 0 Å². The van der Waals surface area contributed by atoms with Crippen molar-refractivity contribution >= 4 is 17.7 Å². The Morgan fingerprint density at radius 2 is 1.70 bits per heavy atom. The van der Waals surface area contributed by atoms with Gasteiger partial charge in [0.1, 0.15) is 12.4 Å². The first-order chi connectivity index (χ1) is 16.0. The highest BCUT2D eigenvalue weighted by atomic mass is 16.5. The summed E-state index contributed by atoms with van der Waals surface area (Å²) in [5.41, 5.74) is 1.63. The molecule has 180 valence electrons. The predicted molar refractivity (Wildman–Crippen MR) is 130 cm³/mol. The van der Waals surface area contributed by atoms with Gasteiger partial charge in [-0.05, 0) is 43.2 Å². The number of para-hydroxylation sites is 1. The molecule has 0 aromatic heterocycles. The minimum Gasteiger partial charge on any atom is -0.492 e. The molecule has 33 heavy (non-hydrogen) atoms. The van der Waals surface area contributed by atoms with E-state index in [2.05, 4.69) is 12.2 Å². The summed E-state index contributed by atoms with van der Waals surface area (Å²) in [6.07, 6.45) is 3.79. The van der Waals surface area contributed by atoms with Crippen molar-refractivity contribution in [1.82, 2.24) is 4.90 Å². The van der Waals surface area contributed by atoms with Crippen molar-refractivity contribution in [3.05, 3.63) is 60.2 Å². The van der Waals surface area contributed by atoms with Gasteiger partial charge in [-0.15, -0.1) is 0 Å². The summed E-state index contributed by atoms with van der Waals surface area (Å²) in [6.45, 7) is 5.81. The Morgan fingerprint density at radius 3 is 2.33 bits per heavy atom. The zero-order chi connectivity index (χ0) is 23.9. The Hall–Kier alpha value is -3.06. The molecule has 1 unspecified atom stereocenters. The van der Waals surface area contributed by atoms with Gasteiger partial charge in [0.15, 0.2) is 6.10 Å². The molecule has 0 spiro atoms. The lowest BCUT2D eigenvalue weighted by Crippen LogP contribution is -2.38. The number of anilines is 1. The van der Waals surface area contributed by atoms with E-state index in [0.29, 0.717) is 38.5 Å². The number of urea groups is 1. The fourth-order valence-corrected chi connectivity index (χ4v) is 3.40. The van der Waals surface area contributed by atoms with Crippen LogP contribution in [-0.4, -0.2) is 54.4 Å². The summed E-state index contributed by atoms with van der Waals surface area (Å²) < 4.78 is 11.1. The standard InChI is InChI=1S/C26H36N2O5/c1-3-5-6-10-17-28(26(31)27-22-11-8-7-9-12-22)18-19-33-23-15-13-21(14-16-23)20-24(25(29)30)32-4-2/h7-9,11-16,24H,3-6,10,17-20H2,1-2H3,(H,27,31)(H,29,30). The smallest absolute Gasteiger partial charge is 0.333 e. The van der Waals surface area contributed by atoms with Crippen LogP contribution in [0.2, 0.25) is 0 Å². The van der Waals surface area contributed by atoms with Gasteiger partial charge in [-0.25, -0.2) is 9.59 Å². The van der Waals surface area contributed by atoms with Gasteiger partial charge in [0.2, 0.25) is 0 Å². The van der Waals surface area contributed by atoms with Crippen LogP contribution in [0.15, 0.2) is 54.6 Å². The number of nitrogens with zero attached hydrogens (tertiary/aromatic N) is 1. The van der Waals surface area contributed by atoms with E-state index in [1.54, 1.807) is 11.8 Å². The molecule has 0 saturated heterocycles. The second-order valence-electron chi connectivity index (χ2n) is 7.82. The predicted octanol–water partition coefficient (Wildman–Crippen LogP) is 5.21. The van der Waals surface area contributed by atoms with Crippen LogP contribution >= 0.6 is 0 Å². The molecular weight excluding hydrogens is 420 g/mol. The summed E-state index contributed by atoms with van der Waals surface area (Å²) in [7, 11) is 0. The minimum atomic E-state index is -0.968. The van der Waals surface area contributed by atoms with E-state index in [1.165, 1.54) is 0 Å². The number of unbranched alkanes of at least 4 members (excludes halogenated alkanes) is 3. The minimum absolute atomic E-state index is 0.132. The second kappa shape index (κ2) is 14.9. The lowest BCUT2D eigenvalue weighted by atomic mass is 10.1. The van der Waals surface area contributed by atoms with E-state index in [1.807, 2.05) is 54.6 Å². The molecule has 2 N–H and O–H groups in total. The number of amides is 2. The van der Waals surface area contributed by atoms with Crippen molar-refractivity contribution in [2.75, 3.05) is 31.6 Å². The van der Waals surface area contributed by atoms with E-state index < -0.39 is 12.1 Å². The van der Waals surface area contributed by atoms with Gasteiger partial charge in [0.25, 0.3) is 0 Å². The fourth-order valence-electron chi connectivity index (χ4n) is 3.40. The molecule has 0 heterocycles. The third-order valence-electron chi connectivity index (χ3n) is 5.21. The molecule has 0 aliphatic carbocycles. The number of hydrogen-bond donors (Lipinski definition) is 2. The first kappa shape index (κ1) is 26.2. The maximum atomic E-state index is 12.8. The summed E-state index contributed by atoms with van der Waals surface area (Å²) in [6, 6.07) is 16.6. The van der Waals surface area contributed by atoms with Crippen LogP contribution < -0.4 is 10.1 Å². The van der Waals surface area contributed by atoms with Crippen molar-refractivity contribution < 1.29 is 24.2 Å². The summed E-state index contributed by atoms with van der Waals surface area (Å²) >= 11 is 0. The molecule has 0 aliphatic heterocycles. The van der Waals surface area contributed by atoms with Crippen molar-refractivity contribution in [2.45, 2.75) is 52.1 Å². The maximum absolute atomic E-state index is 12.8. The monoisotopic (exact) mass is 456 g/mol. The van der Waals surface area contributed by atoms with E-state index in [9.17, 15) is 14.7 Å². The van der Waals surface area contributed by atoms with Crippen LogP contribution in [0.5, 0.6) is 5.75 Å². The molecular formula is C26H36N2O5. The number of carboxylic acid groups (broad SMARTS) is 1. The number of benzene rings is 2. The molecule has 2 amide bonds. The highest BCUT2D eigenvalue weighted by molar-refractivity contribution is 5.89. The molecule has 1 atom stereocenters. The number of nitrogens with one attached hydrogen (secondary N) is 1. The molecule has 2 aromatic carbocycles. The number of carbonyl (C=O) groups excluding carboxylic acids is 1. The number of rotatable bonds is 15. The summed E-state index contributed by atoms with van der Waals surface area (Å²) in [5, 5.41) is 12.2. The Bertz CT molecular complexity index is 826. The summed E-state index contributed by atoms with van der Waals surface area (Å²) in [4.78, 5) is 25.8. The van der Waals surface area contributed by atoms with E-state index in [0.717, 1.165) is 36.9 Å². The number of hydrogen-bond acceptors (Lipinski definition) is 4. The molecule has 0 aliphatic rings. The number of ether oxygens (including phenoxy) is 2. The van der Waals surface area contributed by atoms with Crippen LogP contribution in [0.1, 0.15) is 45.1 Å². The highest BCUT2D eigenvalue weighted by Crippen LogP contribution is 2.15. The van der Waals surface area contributed by atoms with Crippen molar-refractivity contribution in [1.29, 1.82) is 0 Å². The molecule has 0 saturated carbocycles. The topological polar surface area (TPSA) is 88.1 Å². The lowest BCUT2D eigenvalue weighted by Gasteiger charge is -2.23. The SMILES string of the molecule is CCCCCCN(CCOc1ccc(CC(OCC)C(=O)O)cc1)C(=O)Nc1ccccc1. The zero-order valence-electron chi connectivity index (χ0n) is 19.7. The van der Waals surface area contributed by atoms with Gasteiger partial charge in [0, 0.05) is 25.3 Å². The van der Waals surface area contributed by atoms with Crippen LogP contribution in [0.3, 0.4) is 0 Å². The van der Waals surface area contributed by atoms with Crippen LogP contribution in [0.25, 0.3) is 0 Å². The number of carbonyl (C=O) groups is 2. The molecule has 2 aromatic rings. The highest BCUT2D eigenvalue weighted by Gasteiger charge is 2.18.